The summed E-state index contributed by atoms with van der Waals surface area (Å²) < 4.78 is 11.0. The number of aromatic nitrogens is 1. The van der Waals surface area contributed by atoms with Crippen LogP contribution in [0.3, 0.4) is 0 Å². The monoisotopic (exact) mass is 611 g/mol. The van der Waals surface area contributed by atoms with Gasteiger partial charge in [-0.3, -0.25) is 19.2 Å². The Morgan fingerprint density at radius 3 is 2.40 bits per heavy atom. The quantitative estimate of drug-likeness (QED) is 0.303. The molecule has 1 aromatic carbocycles. The molecule has 2 heterocycles. The summed E-state index contributed by atoms with van der Waals surface area (Å²) in [6.07, 6.45) is 4.60. The van der Waals surface area contributed by atoms with E-state index < -0.39 is 5.91 Å². The molecule has 4 amide bonds. The second-order valence-corrected chi connectivity index (χ2v) is 11.5. The van der Waals surface area contributed by atoms with Gasteiger partial charge in [0.25, 0.3) is 5.91 Å². The third kappa shape index (κ3) is 8.11. The molecule has 230 valence electrons. The van der Waals surface area contributed by atoms with Gasteiger partial charge in [-0.25, -0.2) is 4.98 Å². The first kappa shape index (κ1) is 32.0. The molecule has 0 radical (unpaired) electrons. The summed E-state index contributed by atoms with van der Waals surface area (Å²) in [6, 6.07) is 8.37. The van der Waals surface area contributed by atoms with E-state index in [2.05, 4.69) is 15.6 Å². The van der Waals surface area contributed by atoms with Crippen molar-refractivity contribution in [1.29, 1.82) is 0 Å². The highest BCUT2D eigenvalue weighted by atomic mass is 35.5. The summed E-state index contributed by atoms with van der Waals surface area (Å²) in [5, 5.41) is 6.56. The Balaban J connectivity index is 1.58. The molecule has 4 rings (SSSR count). The Kier molecular flexibility index (Phi) is 10.8. The average molecular weight is 612 g/mol. The van der Waals surface area contributed by atoms with Crippen molar-refractivity contribution in [2.75, 3.05) is 52.0 Å². The number of amides is 4. The van der Waals surface area contributed by atoms with Crippen molar-refractivity contribution in [2.24, 2.45) is 11.8 Å². The molecule has 0 spiro atoms. The fraction of sp³-hybridized carbons (Fsp3) is 0.452. The third-order valence-electron chi connectivity index (χ3n) is 7.69. The fourth-order valence-corrected chi connectivity index (χ4v) is 5.35. The fourth-order valence-electron chi connectivity index (χ4n) is 5.23. The van der Waals surface area contributed by atoms with Crippen molar-refractivity contribution in [3.63, 3.8) is 0 Å². The van der Waals surface area contributed by atoms with Gasteiger partial charge in [-0.1, -0.05) is 17.7 Å². The van der Waals surface area contributed by atoms with Crippen LogP contribution in [0.15, 0.2) is 40.9 Å². The predicted octanol–water partition coefficient (Wildman–Crippen LogP) is 4.60. The lowest BCUT2D eigenvalue weighted by Crippen LogP contribution is -2.35. The molecule has 43 heavy (non-hydrogen) atoms. The Morgan fingerprint density at radius 2 is 1.74 bits per heavy atom. The van der Waals surface area contributed by atoms with Crippen LogP contribution >= 0.6 is 11.6 Å². The summed E-state index contributed by atoms with van der Waals surface area (Å²) in [6.45, 7) is 1.12. The van der Waals surface area contributed by atoms with Gasteiger partial charge in [-0.05, 0) is 61.9 Å². The summed E-state index contributed by atoms with van der Waals surface area (Å²) in [4.78, 5) is 59.5. The molecule has 1 saturated carbocycles. The normalized spacial score (nSPS) is 16.5. The highest BCUT2D eigenvalue weighted by molar-refractivity contribution is 6.30. The number of fused-ring (bicyclic) bond motifs is 1. The van der Waals surface area contributed by atoms with Crippen LogP contribution < -0.4 is 10.6 Å². The summed E-state index contributed by atoms with van der Waals surface area (Å²) in [5.74, 6) is -1.10. The van der Waals surface area contributed by atoms with E-state index in [0.29, 0.717) is 60.4 Å². The van der Waals surface area contributed by atoms with Crippen LogP contribution in [0.5, 0.6) is 0 Å². The molecule has 0 bridgehead atoms. The number of hydrogen-bond acceptors (Lipinski definition) is 7. The zero-order valence-electron chi connectivity index (χ0n) is 24.9. The molecule has 1 aliphatic carbocycles. The zero-order valence-corrected chi connectivity index (χ0v) is 25.7. The van der Waals surface area contributed by atoms with Crippen LogP contribution in [-0.2, 0) is 25.5 Å². The maximum atomic E-state index is 13.5. The molecule has 0 atom stereocenters. The largest absolute Gasteiger partial charge is 0.449 e. The summed E-state index contributed by atoms with van der Waals surface area (Å²) in [5.41, 5.74) is 1.32. The Morgan fingerprint density at radius 1 is 1.02 bits per heavy atom. The molecule has 0 unspecified atom stereocenters. The third-order valence-corrected chi connectivity index (χ3v) is 7.91. The number of nitrogens with zero attached hydrogens (tertiary/aromatic N) is 3. The Hall–Kier alpha value is -3.96. The molecular formula is C31H38ClN5O6. The van der Waals surface area contributed by atoms with E-state index in [1.165, 1.54) is 6.20 Å². The standard InChI is InChI=1S/C31H38ClN5O6/c1-36(2)31(41)21-9-7-20(8-10-21)29(39)35-27-23-16-19(17-26(38)37(3)14-5-15-42-4)6-12-24(23)43-28(27)30(40)34-25-13-11-22(32)18-33-25/h6,11-13,16,18,20-21H,5,7-10,14-15,17H2,1-4H3,(H,35,39)(H,33,34,40). The van der Waals surface area contributed by atoms with E-state index in [9.17, 15) is 19.2 Å². The number of anilines is 2. The lowest BCUT2D eigenvalue weighted by atomic mass is 9.81. The van der Waals surface area contributed by atoms with Gasteiger partial charge in [0.1, 0.15) is 17.1 Å². The molecule has 12 heteroatoms. The molecule has 1 aliphatic rings. The number of methoxy groups -OCH3 is 1. The highest BCUT2D eigenvalue weighted by Gasteiger charge is 2.32. The minimum absolute atomic E-state index is 0.0691. The maximum absolute atomic E-state index is 13.5. The van der Waals surface area contributed by atoms with Crippen molar-refractivity contribution < 1.29 is 28.3 Å². The van der Waals surface area contributed by atoms with Crippen LogP contribution in [0, 0.1) is 11.8 Å². The van der Waals surface area contributed by atoms with Gasteiger partial charge in [0.05, 0.1) is 11.4 Å². The molecule has 3 aromatic rings. The number of hydrogen-bond donors (Lipinski definition) is 2. The average Bonchev–Trinajstić information content (AvgIpc) is 3.35. The molecular weight excluding hydrogens is 574 g/mol. The number of halogens is 1. The van der Waals surface area contributed by atoms with Gasteiger partial charge in [0.15, 0.2) is 0 Å². The van der Waals surface area contributed by atoms with Gasteiger partial charge < -0.3 is 29.6 Å². The summed E-state index contributed by atoms with van der Waals surface area (Å²) in [7, 11) is 6.83. The van der Waals surface area contributed by atoms with Crippen LogP contribution in [0.4, 0.5) is 11.5 Å². The topological polar surface area (TPSA) is 134 Å². The van der Waals surface area contributed by atoms with Gasteiger partial charge >= 0.3 is 0 Å². The zero-order chi connectivity index (χ0) is 31.1. The second kappa shape index (κ2) is 14.5. The highest BCUT2D eigenvalue weighted by Crippen LogP contribution is 2.35. The molecule has 1 fully saturated rings. The van der Waals surface area contributed by atoms with Crippen molar-refractivity contribution in [3.8, 4) is 0 Å². The van der Waals surface area contributed by atoms with E-state index in [1.54, 1.807) is 68.4 Å². The molecule has 11 nitrogen and oxygen atoms in total. The van der Waals surface area contributed by atoms with Crippen molar-refractivity contribution in [3.05, 3.63) is 52.9 Å². The number of rotatable bonds is 11. The molecule has 0 saturated heterocycles. The SMILES string of the molecule is COCCCN(C)C(=O)Cc1ccc2oc(C(=O)Nc3ccc(Cl)cn3)c(NC(=O)C3CCC(C(=O)N(C)C)CC3)c2c1. The first-order valence-corrected chi connectivity index (χ1v) is 14.7. The maximum Gasteiger partial charge on any atom is 0.294 e. The van der Waals surface area contributed by atoms with Crippen LogP contribution in [-0.4, -0.2) is 79.8 Å². The molecule has 2 N–H and O–H groups in total. The van der Waals surface area contributed by atoms with Crippen molar-refractivity contribution >= 4 is 57.7 Å². The predicted molar refractivity (Wildman–Crippen MR) is 164 cm³/mol. The number of ether oxygens (including phenoxy) is 1. The van der Waals surface area contributed by atoms with Gasteiger partial charge in [-0.2, -0.15) is 0 Å². The lowest BCUT2D eigenvalue weighted by molar-refractivity contribution is -0.135. The minimum atomic E-state index is -0.600. The summed E-state index contributed by atoms with van der Waals surface area (Å²) >= 11 is 5.92. The van der Waals surface area contributed by atoms with E-state index in [-0.39, 0.29) is 53.2 Å². The smallest absolute Gasteiger partial charge is 0.294 e. The van der Waals surface area contributed by atoms with Crippen LogP contribution in [0.1, 0.15) is 48.2 Å². The van der Waals surface area contributed by atoms with Crippen molar-refractivity contribution in [1.82, 2.24) is 14.8 Å². The molecule has 2 aromatic heterocycles. The first-order chi connectivity index (χ1) is 20.6. The van der Waals surface area contributed by atoms with E-state index >= 15 is 0 Å². The second-order valence-electron chi connectivity index (χ2n) is 11.1. The number of likely N-dealkylation sites (N-methyl/N-ethyl adjacent to an activating group) is 1. The number of benzene rings is 1. The number of carbonyl (C=O) groups is 4. The van der Waals surface area contributed by atoms with Gasteiger partial charge in [-0.15, -0.1) is 0 Å². The van der Waals surface area contributed by atoms with Gasteiger partial charge in [0, 0.05) is 64.8 Å². The Labute approximate surface area is 255 Å². The minimum Gasteiger partial charge on any atom is -0.449 e. The van der Waals surface area contributed by atoms with Crippen molar-refractivity contribution in [2.45, 2.75) is 38.5 Å². The van der Waals surface area contributed by atoms with E-state index in [1.807, 2.05) is 0 Å². The first-order valence-electron chi connectivity index (χ1n) is 14.3. The number of carbonyl (C=O) groups excluding carboxylic acids is 4. The number of pyridine rings is 1. The number of furan rings is 1. The van der Waals surface area contributed by atoms with E-state index in [4.69, 9.17) is 20.8 Å². The van der Waals surface area contributed by atoms with Crippen LogP contribution in [0.25, 0.3) is 11.0 Å². The number of nitrogens with one attached hydrogen (secondary N) is 2. The van der Waals surface area contributed by atoms with Crippen LogP contribution in [0.2, 0.25) is 5.02 Å². The van der Waals surface area contributed by atoms with Gasteiger partial charge in [0.2, 0.25) is 23.5 Å². The Bertz CT molecular complexity index is 1460. The lowest BCUT2D eigenvalue weighted by Gasteiger charge is -2.28. The van der Waals surface area contributed by atoms with E-state index in [0.717, 1.165) is 6.42 Å². The molecule has 0 aliphatic heterocycles.